The summed E-state index contributed by atoms with van der Waals surface area (Å²) >= 11 is 0. The predicted molar refractivity (Wildman–Crippen MR) is 97.2 cm³/mol. The van der Waals surface area contributed by atoms with Crippen LogP contribution in [0.2, 0.25) is 0 Å². The van der Waals surface area contributed by atoms with Gasteiger partial charge in [-0.2, -0.15) is 0 Å². The lowest BCUT2D eigenvalue weighted by Gasteiger charge is -2.60. The summed E-state index contributed by atoms with van der Waals surface area (Å²) in [4.78, 5) is 5.30. The van der Waals surface area contributed by atoms with Crippen LogP contribution in [0.1, 0.15) is 74.7 Å². The molecule has 2 nitrogen and oxygen atoms in total. The van der Waals surface area contributed by atoms with E-state index < -0.39 is 0 Å². The van der Waals surface area contributed by atoms with E-state index in [0.29, 0.717) is 34.4 Å². The van der Waals surface area contributed by atoms with Crippen LogP contribution >= 0.6 is 0 Å². The van der Waals surface area contributed by atoms with Crippen molar-refractivity contribution in [2.75, 3.05) is 20.1 Å². The maximum absolute atomic E-state index is 2.78. The molecule has 0 bridgehead atoms. The average Bonchev–Trinajstić information content (AvgIpc) is 2.23. The molecule has 0 aromatic rings. The van der Waals surface area contributed by atoms with Crippen LogP contribution in [0.15, 0.2) is 0 Å². The molecule has 22 heavy (non-hydrogen) atoms. The molecule has 0 radical (unpaired) electrons. The Labute approximate surface area is 139 Å². The fourth-order valence-corrected chi connectivity index (χ4v) is 6.17. The van der Waals surface area contributed by atoms with E-state index in [1.165, 1.54) is 32.4 Å². The maximum Gasteiger partial charge on any atom is 0.00777 e. The lowest BCUT2D eigenvalue weighted by atomic mass is 9.53. The summed E-state index contributed by atoms with van der Waals surface area (Å²) in [5.41, 5.74) is 1.34. The largest absolute Gasteiger partial charge is 0.305 e. The molecule has 2 heterocycles. The molecule has 2 fully saturated rings. The molecule has 1 spiro atoms. The van der Waals surface area contributed by atoms with Gasteiger partial charge in [-0.25, -0.2) is 0 Å². The van der Waals surface area contributed by atoms with Gasteiger partial charge in [-0.1, -0.05) is 27.7 Å². The number of rotatable bonds is 1. The smallest absolute Gasteiger partial charge is 0.00777 e. The van der Waals surface area contributed by atoms with Gasteiger partial charge in [0.1, 0.15) is 0 Å². The van der Waals surface area contributed by atoms with E-state index in [2.05, 4.69) is 72.2 Å². The molecular weight excluding hydrogens is 268 g/mol. The van der Waals surface area contributed by atoms with Gasteiger partial charge in [-0.3, -0.25) is 4.90 Å². The minimum Gasteiger partial charge on any atom is -0.305 e. The van der Waals surface area contributed by atoms with Crippen LogP contribution in [0, 0.1) is 16.2 Å². The molecule has 0 aliphatic carbocycles. The number of nitrogens with zero attached hydrogens (tertiary/aromatic N) is 2. The van der Waals surface area contributed by atoms with Crippen molar-refractivity contribution >= 4 is 0 Å². The monoisotopic (exact) mass is 308 g/mol. The highest BCUT2D eigenvalue weighted by Gasteiger charge is 2.55. The zero-order chi connectivity index (χ0) is 16.9. The zero-order valence-electron chi connectivity index (χ0n) is 16.7. The first-order valence-corrected chi connectivity index (χ1v) is 9.35. The molecule has 0 saturated carbocycles. The second kappa shape index (κ2) is 5.77. The van der Waals surface area contributed by atoms with Crippen molar-refractivity contribution in [2.45, 2.75) is 92.8 Å². The Morgan fingerprint density at radius 3 is 1.86 bits per heavy atom. The lowest BCUT2D eigenvalue weighted by molar-refractivity contribution is -0.108. The molecule has 0 aromatic carbocycles. The highest BCUT2D eigenvalue weighted by molar-refractivity contribution is 5.07. The van der Waals surface area contributed by atoms with Crippen molar-refractivity contribution < 1.29 is 0 Å². The quantitative estimate of drug-likeness (QED) is 0.696. The average molecular weight is 309 g/mol. The second-order valence-electron chi connectivity index (χ2n) is 10.3. The molecule has 0 N–H and O–H groups in total. The van der Waals surface area contributed by atoms with Gasteiger partial charge in [-0.05, 0) is 64.8 Å². The van der Waals surface area contributed by atoms with Gasteiger partial charge in [0.2, 0.25) is 0 Å². The second-order valence-corrected chi connectivity index (χ2v) is 10.3. The van der Waals surface area contributed by atoms with Crippen LogP contribution in [0.25, 0.3) is 0 Å². The first-order valence-electron chi connectivity index (χ1n) is 9.35. The lowest BCUT2D eigenvalue weighted by Crippen LogP contribution is -2.63. The van der Waals surface area contributed by atoms with Gasteiger partial charge in [0, 0.05) is 36.6 Å². The standard InChI is InChI=1S/C20H40N2/c1-15(2)22-16(3)10-18(5,6)12-20(13-21(9)14-20)19(7,8)11-17(22)4/h15-17H,10-14H2,1-9H3. The molecule has 2 heteroatoms. The van der Waals surface area contributed by atoms with Crippen LogP contribution in [-0.2, 0) is 0 Å². The summed E-state index contributed by atoms with van der Waals surface area (Å²) in [5, 5.41) is 0. The van der Waals surface area contributed by atoms with Gasteiger partial charge in [0.05, 0.1) is 0 Å². The van der Waals surface area contributed by atoms with E-state index >= 15 is 0 Å². The fourth-order valence-electron chi connectivity index (χ4n) is 6.17. The number of hydrogen-bond acceptors (Lipinski definition) is 2. The molecule has 0 aromatic heterocycles. The Morgan fingerprint density at radius 1 is 0.909 bits per heavy atom. The molecule has 2 unspecified atom stereocenters. The molecule has 130 valence electrons. The van der Waals surface area contributed by atoms with Gasteiger partial charge in [0.15, 0.2) is 0 Å². The summed E-state index contributed by atoms with van der Waals surface area (Å²) < 4.78 is 0. The van der Waals surface area contributed by atoms with Gasteiger partial charge in [0.25, 0.3) is 0 Å². The summed E-state index contributed by atoms with van der Waals surface area (Å²) in [7, 11) is 2.29. The molecular formula is C20H40N2. The van der Waals surface area contributed by atoms with Crippen molar-refractivity contribution in [1.29, 1.82) is 0 Å². The SMILES string of the molecule is CC(C)N1C(C)CC(C)(C)CC2(CN(C)C2)C(C)(C)CC1C. The van der Waals surface area contributed by atoms with E-state index in [9.17, 15) is 0 Å². The highest BCUT2D eigenvalue weighted by Crippen LogP contribution is 2.56. The van der Waals surface area contributed by atoms with E-state index in [4.69, 9.17) is 0 Å². The van der Waals surface area contributed by atoms with Crippen LogP contribution in [0.5, 0.6) is 0 Å². The Kier molecular flexibility index (Phi) is 4.79. The fraction of sp³-hybridized carbons (Fsp3) is 1.00. The van der Waals surface area contributed by atoms with Gasteiger partial charge >= 0.3 is 0 Å². The topological polar surface area (TPSA) is 6.48 Å². The van der Waals surface area contributed by atoms with Gasteiger partial charge in [-0.15, -0.1) is 0 Å². The Hall–Kier alpha value is -0.0800. The summed E-state index contributed by atoms with van der Waals surface area (Å²) in [6.45, 7) is 22.3. The Bertz CT molecular complexity index is 391. The molecule has 2 rings (SSSR count). The van der Waals surface area contributed by atoms with Crippen molar-refractivity contribution in [3.05, 3.63) is 0 Å². The normalized spacial score (nSPS) is 35.7. The third-order valence-electron chi connectivity index (χ3n) is 6.67. The first kappa shape index (κ1) is 18.3. The maximum atomic E-state index is 2.78. The van der Waals surface area contributed by atoms with E-state index in [1.54, 1.807) is 0 Å². The molecule has 2 atom stereocenters. The summed E-state index contributed by atoms with van der Waals surface area (Å²) in [6.07, 6.45) is 4.01. The molecule has 0 amide bonds. The molecule has 2 aliphatic rings. The van der Waals surface area contributed by atoms with Gasteiger partial charge < -0.3 is 4.90 Å². The minimum atomic E-state index is 0.410. The third kappa shape index (κ3) is 3.24. The Morgan fingerprint density at radius 2 is 1.41 bits per heavy atom. The van der Waals surface area contributed by atoms with Crippen molar-refractivity contribution in [1.82, 2.24) is 9.80 Å². The molecule has 2 aliphatic heterocycles. The third-order valence-corrected chi connectivity index (χ3v) is 6.67. The highest BCUT2D eigenvalue weighted by atomic mass is 15.2. The number of likely N-dealkylation sites (tertiary alicyclic amines) is 1. The summed E-state index contributed by atoms with van der Waals surface area (Å²) in [6, 6.07) is 1.98. The van der Waals surface area contributed by atoms with Crippen LogP contribution < -0.4 is 0 Å². The Balaban J connectivity index is 2.37. The van der Waals surface area contributed by atoms with Crippen LogP contribution in [0.4, 0.5) is 0 Å². The van der Waals surface area contributed by atoms with E-state index in [1.807, 2.05) is 0 Å². The zero-order valence-corrected chi connectivity index (χ0v) is 16.7. The predicted octanol–water partition coefficient (Wildman–Crippen LogP) is 4.64. The first-order chi connectivity index (χ1) is 9.89. The van der Waals surface area contributed by atoms with Crippen molar-refractivity contribution in [2.24, 2.45) is 16.2 Å². The van der Waals surface area contributed by atoms with E-state index in [0.717, 1.165) is 0 Å². The summed E-state index contributed by atoms with van der Waals surface area (Å²) in [5.74, 6) is 0. The van der Waals surface area contributed by atoms with E-state index in [-0.39, 0.29) is 0 Å². The number of hydrogen-bond donors (Lipinski definition) is 0. The van der Waals surface area contributed by atoms with Crippen LogP contribution in [0.3, 0.4) is 0 Å². The van der Waals surface area contributed by atoms with Crippen molar-refractivity contribution in [3.8, 4) is 0 Å². The minimum absolute atomic E-state index is 0.410. The molecule has 2 saturated heterocycles. The van der Waals surface area contributed by atoms with Crippen molar-refractivity contribution in [3.63, 3.8) is 0 Å². The van der Waals surface area contributed by atoms with Crippen LogP contribution in [-0.4, -0.2) is 48.1 Å².